The number of carbonyl (C=O) groups excluding carboxylic acids is 1. The highest BCUT2D eigenvalue weighted by atomic mass is 32.2. The zero-order valence-electron chi connectivity index (χ0n) is 16.4. The maximum absolute atomic E-state index is 13.9. The minimum atomic E-state index is -0.447. The molecule has 1 atom stereocenters. The van der Waals surface area contributed by atoms with E-state index in [2.05, 4.69) is 45.9 Å². The summed E-state index contributed by atoms with van der Waals surface area (Å²) in [7, 11) is 0. The van der Waals surface area contributed by atoms with Gasteiger partial charge in [0.15, 0.2) is 0 Å². The van der Waals surface area contributed by atoms with Gasteiger partial charge in [-0.25, -0.2) is 4.39 Å². The SMILES string of the molecule is CCc1nnc(S[C@H](CC)C(=O)Nc2ccccc2F)c2cc3sc(C)cc3n12. The molecule has 0 aliphatic heterocycles. The van der Waals surface area contributed by atoms with Crippen molar-refractivity contribution in [3.63, 3.8) is 0 Å². The van der Waals surface area contributed by atoms with Crippen molar-refractivity contribution in [3.8, 4) is 0 Å². The van der Waals surface area contributed by atoms with Crippen LogP contribution in [0, 0.1) is 12.7 Å². The quantitative estimate of drug-likeness (QED) is 0.414. The van der Waals surface area contributed by atoms with Gasteiger partial charge in [-0.05, 0) is 37.6 Å². The van der Waals surface area contributed by atoms with Gasteiger partial charge in [-0.15, -0.1) is 21.5 Å². The molecule has 1 N–H and O–H groups in total. The number of hydrogen-bond acceptors (Lipinski definition) is 5. The number of halogens is 1. The summed E-state index contributed by atoms with van der Waals surface area (Å²) in [5.41, 5.74) is 2.27. The molecule has 150 valence electrons. The molecule has 0 aliphatic rings. The minimum Gasteiger partial charge on any atom is -0.323 e. The van der Waals surface area contributed by atoms with Gasteiger partial charge in [0.1, 0.15) is 16.7 Å². The van der Waals surface area contributed by atoms with Crippen LogP contribution in [0.2, 0.25) is 0 Å². The van der Waals surface area contributed by atoms with Crippen LogP contribution in [-0.2, 0) is 11.2 Å². The fourth-order valence-corrected chi connectivity index (χ4v) is 5.20. The molecule has 4 aromatic rings. The molecule has 5 nitrogen and oxygen atoms in total. The van der Waals surface area contributed by atoms with Gasteiger partial charge < -0.3 is 5.32 Å². The first kappa shape index (κ1) is 19.8. The second kappa shape index (κ2) is 8.12. The van der Waals surface area contributed by atoms with Crippen molar-refractivity contribution >= 4 is 50.4 Å². The second-order valence-corrected chi connectivity index (χ2v) is 9.21. The normalized spacial score (nSPS) is 12.6. The summed E-state index contributed by atoms with van der Waals surface area (Å²) in [6.07, 6.45) is 1.35. The van der Waals surface area contributed by atoms with Crippen LogP contribution in [0.1, 0.15) is 31.0 Å². The zero-order chi connectivity index (χ0) is 20.5. The van der Waals surface area contributed by atoms with Crippen LogP contribution in [0.5, 0.6) is 0 Å². The fraction of sp³-hybridized carbons (Fsp3) is 0.286. The predicted molar refractivity (Wildman–Crippen MR) is 117 cm³/mol. The average Bonchev–Trinajstić information content (AvgIpc) is 3.24. The van der Waals surface area contributed by atoms with Crippen LogP contribution in [0.25, 0.3) is 15.7 Å². The maximum Gasteiger partial charge on any atom is 0.237 e. The molecule has 1 amide bonds. The zero-order valence-corrected chi connectivity index (χ0v) is 18.0. The van der Waals surface area contributed by atoms with E-state index >= 15 is 0 Å². The van der Waals surface area contributed by atoms with E-state index < -0.39 is 11.1 Å². The Morgan fingerprint density at radius 1 is 1.24 bits per heavy atom. The number of thioether (sulfide) groups is 1. The fourth-order valence-electron chi connectivity index (χ4n) is 3.30. The van der Waals surface area contributed by atoms with Gasteiger partial charge in [0.2, 0.25) is 5.91 Å². The Balaban J connectivity index is 1.68. The smallest absolute Gasteiger partial charge is 0.237 e. The number of hydrogen-bond donors (Lipinski definition) is 1. The summed E-state index contributed by atoms with van der Waals surface area (Å²) in [6.45, 7) is 6.08. The van der Waals surface area contributed by atoms with E-state index in [4.69, 9.17) is 0 Å². The summed E-state index contributed by atoms with van der Waals surface area (Å²) in [4.78, 5) is 14.0. The molecule has 3 heterocycles. The van der Waals surface area contributed by atoms with E-state index in [0.29, 0.717) is 11.4 Å². The number of nitrogens with zero attached hydrogens (tertiary/aromatic N) is 3. The molecule has 0 unspecified atom stereocenters. The van der Waals surface area contributed by atoms with E-state index in [1.807, 2.05) is 6.92 Å². The molecule has 0 fully saturated rings. The lowest BCUT2D eigenvalue weighted by Crippen LogP contribution is -2.25. The van der Waals surface area contributed by atoms with Crippen LogP contribution in [0.4, 0.5) is 10.1 Å². The number of aryl methyl sites for hydroxylation is 2. The van der Waals surface area contributed by atoms with Crippen LogP contribution >= 0.6 is 23.1 Å². The summed E-state index contributed by atoms with van der Waals surface area (Å²) < 4.78 is 17.2. The number of anilines is 1. The molecule has 0 aliphatic carbocycles. The van der Waals surface area contributed by atoms with Crippen molar-refractivity contribution in [2.24, 2.45) is 0 Å². The summed E-state index contributed by atoms with van der Waals surface area (Å²) in [6, 6.07) is 10.5. The van der Waals surface area contributed by atoms with E-state index in [1.165, 1.54) is 27.4 Å². The highest BCUT2D eigenvalue weighted by molar-refractivity contribution is 8.00. The molecule has 8 heteroatoms. The molecule has 4 rings (SSSR count). The molecule has 0 saturated carbocycles. The third-order valence-electron chi connectivity index (χ3n) is 4.71. The van der Waals surface area contributed by atoms with E-state index in [0.717, 1.165) is 23.3 Å². The number of thiophene rings is 1. The largest absolute Gasteiger partial charge is 0.323 e. The molecule has 0 spiro atoms. The minimum absolute atomic E-state index is 0.188. The van der Waals surface area contributed by atoms with Gasteiger partial charge in [0, 0.05) is 11.3 Å². The topological polar surface area (TPSA) is 59.3 Å². The van der Waals surface area contributed by atoms with Crippen LogP contribution in [-0.4, -0.2) is 25.8 Å². The first-order valence-corrected chi connectivity index (χ1v) is 11.2. The molecular weight excluding hydrogens is 407 g/mol. The van der Waals surface area contributed by atoms with Gasteiger partial charge in [-0.1, -0.05) is 37.7 Å². The van der Waals surface area contributed by atoms with E-state index in [1.54, 1.807) is 29.5 Å². The molecule has 3 aromatic heterocycles. The Bertz CT molecular complexity index is 1200. The number of aromatic nitrogens is 3. The van der Waals surface area contributed by atoms with Crippen molar-refractivity contribution in [1.29, 1.82) is 0 Å². The van der Waals surface area contributed by atoms with Crippen molar-refractivity contribution in [2.75, 3.05) is 5.32 Å². The van der Waals surface area contributed by atoms with Gasteiger partial charge in [-0.2, -0.15) is 0 Å². The first-order chi connectivity index (χ1) is 14.0. The van der Waals surface area contributed by atoms with Crippen LogP contribution in [0.3, 0.4) is 0 Å². The molecule has 0 saturated heterocycles. The van der Waals surface area contributed by atoms with Crippen LogP contribution < -0.4 is 5.32 Å². The molecule has 0 radical (unpaired) electrons. The Hall–Kier alpha value is -2.45. The molecule has 0 bridgehead atoms. The summed E-state index contributed by atoms with van der Waals surface area (Å²) in [5.74, 6) is 0.199. The number of rotatable bonds is 6. The summed E-state index contributed by atoms with van der Waals surface area (Å²) >= 11 is 3.10. The van der Waals surface area contributed by atoms with Gasteiger partial charge in [0.05, 0.1) is 26.7 Å². The predicted octanol–water partition coefficient (Wildman–Crippen LogP) is 5.46. The lowest BCUT2D eigenvalue weighted by Gasteiger charge is -2.15. The molecule has 1 aromatic carbocycles. The third-order valence-corrected chi connectivity index (χ3v) is 7.04. The highest BCUT2D eigenvalue weighted by Crippen LogP contribution is 2.35. The molecular formula is C21H21FN4OS2. The Kier molecular flexibility index (Phi) is 5.56. The van der Waals surface area contributed by atoms with Crippen molar-refractivity contribution < 1.29 is 9.18 Å². The van der Waals surface area contributed by atoms with Gasteiger partial charge >= 0.3 is 0 Å². The highest BCUT2D eigenvalue weighted by Gasteiger charge is 2.23. The summed E-state index contributed by atoms with van der Waals surface area (Å²) in [5, 5.41) is 11.8. The van der Waals surface area contributed by atoms with Gasteiger partial charge in [-0.3, -0.25) is 9.20 Å². The second-order valence-electron chi connectivity index (χ2n) is 6.73. The number of para-hydroxylation sites is 1. The monoisotopic (exact) mass is 428 g/mol. The average molecular weight is 429 g/mol. The van der Waals surface area contributed by atoms with Crippen molar-refractivity contribution in [2.45, 2.75) is 43.9 Å². The van der Waals surface area contributed by atoms with E-state index in [-0.39, 0.29) is 11.6 Å². The Labute approximate surface area is 176 Å². The lowest BCUT2D eigenvalue weighted by molar-refractivity contribution is -0.115. The molecule has 29 heavy (non-hydrogen) atoms. The van der Waals surface area contributed by atoms with Gasteiger partial charge in [0.25, 0.3) is 0 Å². The standard InChI is InChI=1S/C21H21FN4OS2/c1-4-17(20(27)23-14-9-7-6-8-13(14)22)29-21-16-11-18-15(10-12(3)28-18)26(16)19(5-2)24-25-21/h6-11,17H,4-5H2,1-3H3,(H,23,27)/t17-/m1/s1. The number of benzene rings is 1. The maximum atomic E-state index is 13.9. The number of fused-ring (bicyclic) bond motifs is 3. The Morgan fingerprint density at radius 3 is 2.76 bits per heavy atom. The van der Waals surface area contributed by atoms with E-state index in [9.17, 15) is 9.18 Å². The number of amides is 1. The third kappa shape index (κ3) is 3.74. The Morgan fingerprint density at radius 2 is 2.03 bits per heavy atom. The van der Waals surface area contributed by atoms with Crippen molar-refractivity contribution in [3.05, 3.63) is 52.9 Å². The number of nitrogens with one attached hydrogen (secondary N) is 1. The first-order valence-electron chi connectivity index (χ1n) is 9.51. The van der Waals surface area contributed by atoms with Crippen LogP contribution in [0.15, 0.2) is 41.4 Å². The van der Waals surface area contributed by atoms with Crippen molar-refractivity contribution in [1.82, 2.24) is 14.6 Å². The lowest BCUT2D eigenvalue weighted by atomic mass is 10.2. The number of carbonyl (C=O) groups is 1.